The van der Waals surface area contributed by atoms with Crippen molar-refractivity contribution >= 4 is 28.8 Å². The van der Waals surface area contributed by atoms with Crippen molar-refractivity contribution < 1.29 is 28.2 Å². The standard InChI is InChI=1S/C30H28F2N2O4/c1-4-33(5-2)22-10-6-18(7-11-22)27-26(28(35)19-8-13-25-20(15-19)14-17(3)38-25)29(36)30(37)34(27)24-16-21(31)9-12-23(24)32/h6-13,15-17,27,35H,4-5,14H2,1-3H3/b28-26-. The van der Waals surface area contributed by atoms with Crippen molar-refractivity contribution in [3.05, 3.63) is 94.6 Å². The van der Waals surface area contributed by atoms with Gasteiger partial charge in [0, 0.05) is 36.8 Å². The molecule has 8 heteroatoms. The van der Waals surface area contributed by atoms with Crippen LogP contribution in [-0.4, -0.2) is 36.0 Å². The molecule has 0 aromatic heterocycles. The van der Waals surface area contributed by atoms with Crippen LogP contribution in [0.1, 0.15) is 43.5 Å². The third-order valence-corrected chi connectivity index (χ3v) is 7.12. The van der Waals surface area contributed by atoms with Crippen LogP contribution in [0.3, 0.4) is 0 Å². The van der Waals surface area contributed by atoms with Crippen LogP contribution in [0, 0.1) is 11.6 Å². The van der Waals surface area contributed by atoms with Gasteiger partial charge in [0.15, 0.2) is 0 Å². The predicted molar refractivity (Wildman–Crippen MR) is 141 cm³/mol. The molecule has 0 spiro atoms. The molecule has 1 saturated heterocycles. The normalized spacial score (nSPS) is 20.0. The number of aliphatic hydroxyl groups excluding tert-OH is 1. The molecule has 5 rings (SSSR count). The van der Waals surface area contributed by atoms with Gasteiger partial charge >= 0.3 is 0 Å². The number of benzene rings is 3. The molecule has 38 heavy (non-hydrogen) atoms. The molecule has 0 saturated carbocycles. The van der Waals surface area contributed by atoms with E-state index in [0.29, 0.717) is 23.3 Å². The number of nitrogens with zero attached hydrogens (tertiary/aromatic N) is 2. The monoisotopic (exact) mass is 518 g/mol. The van der Waals surface area contributed by atoms with Crippen molar-refractivity contribution in [3.8, 4) is 5.75 Å². The molecule has 1 amide bonds. The van der Waals surface area contributed by atoms with Gasteiger partial charge in [-0.25, -0.2) is 8.78 Å². The van der Waals surface area contributed by atoms with Crippen molar-refractivity contribution in [2.24, 2.45) is 0 Å². The average Bonchev–Trinajstić information content (AvgIpc) is 3.41. The van der Waals surface area contributed by atoms with E-state index in [0.717, 1.165) is 47.4 Å². The summed E-state index contributed by atoms with van der Waals surface area (Å²) >= 11 is 0. The number of anilines is 2. The van der Waals surface area contributed by atoms with Crippen LogP contribution in [0.5, 0.6) is 5.75 Å². The van der Waals surface area contributed by atoms with E-state index in [1.165, 1.54) is 0 Å². The van der Waals surface area contributed by atoms with Gasteiger partial charge in [0.2, 0.25) is 0 Å². The van der Waals surface area contributed by atoms with Crippen molar-refractivity contribution in [1.29, 1.82) is 0 Å². The van der Waals surface area contributed by atoms with Gasteiger partial charge in [-0.2, -0.15) is 0 Å². The summed E-state index contributed by atoms with van der Waals surface area (Å²) in [6.45, 7) is 7.55. The number of aliphatic hydroxyl groups is 1. The summed E-state index contributed by atoms with van der Waals surface area (Å²) in [5, 5.41) is 11.4. The molecule has 3 aromatic carbocycles. The highest BCUT2D eigenvalue weighted by molar-refractivity contribution is 6.51. The Morgan fingerprint density at radius 2 is 1.74 bits per heavy atom. The highest BCUT2D eigenvalue weighted by atomic mass is 19.1. The molecule has 1 N–H and O–H groups in total. The second-order valence-electron chi connectivity index (χ2n) is 9.48. The number of halogens is 2. The first-order valence-corrected chi connectivity index (χ1v) is 12.6. The first-order valence-electron chi connectivity index (χ1n) is 12.6. The molecule has 2 aliphatic heterocycles. The Kier molecular flexibility index (Phi) is 6.65. The third-order valence-electron chi connectivity index (χ3n) is 7.12. The molecule has 0 bridgehead atoms. The summed E-state index contributed by atoms with van der Waals surface area (Å²) in [5.74, 6) is -3.34. The van der Waals surface area contributed by atoms with Crippen LogP contribution in [-0.2, 0) is 16.0 Å². The van der Waals surface area contributed by atoms with Crippen molar-refractivity contribution in [2.75, 3.05) is 22.9 Å². The number of fused-ring (bicyclic) bond motifs is 1. The molecule has 2 atom stereocenters. The summed E-state index contributed by atoms with van der Waals surface area (Å²) in [6.07, 6.45) is 0.614. The molecule has 2 aliphatic rings. The maximum Gasteiger partial charge on any atom is 0.300 e. The summed E-state index contributed by atoms with van der Waals surface area (Å²) < 4.78 is 34.9. The van der Waals surface area contributed by atoms with Crippen molar-refractivity contribution in [1.82, 2.24) is 0 Å². The van der Waals surface area contributed by atoms with Gasteiger partial charge in [-0.3, -0.25) is 14.5 Å². The van der Waals surface area contributed by atoms with Gasteiger partial charge in [0.1, 0.15) is 29.2 Å². The quantitative estimate of drug-likeness (QED) is 0.255. The fourth-order valence-electron chi connectivity index (χ4n) is 5.25. The zero-order valence-corrected chi connectivity index (χ0v) is 21.4. The minimum Gasteiger partial charge on any atom is -0.507 e. The average molecular weight is 519 g/mol. The molecular weight excluding hydrogens is 490 g/mol. The lowest BCUT2D eigenvalue weighted by Crippen LogP contribution is -2.30. The number of rotatable bonds is 6. The number of ketones is 1. The van der Waals surface area contributed by atoms with E-state index in [2.05, 4.69) is 4.90 Å². The zero-order chi connectivity index (χ0) is 27.1. The third kappa shape index (κ3) is 4.30. The van der Waals surface area contributed by atoms with Crippen LogP contribution in [0.2, 0.25) is 0 Å². The highest BCUT2D eigenvalue weighted by Gasteiger charge is 2.48. The Hall–Kier alpha value is -4.20. The Labute approximate surface area is 219 Å². The molecule has 0 aliphatic carbocycles. The van der Waals surface area contributed by atoms with Crippen molar-refractivity contribution in [3.63, 3.8) is 0 Å². The molecule has 0 radical (unpaired) electrons. The summed E-state index contributed by atoms with van der Waals surface area (Å²) in [7, 11) is 0. The van der Waals surface area contributed by atoms with Crippen molar-refractivity contribution in [2.45, 2.75) is 39.3 Å². The van der Waals surface area contributed by atoms with Gasteiger partial charge in [0.25, 0.3) is 11.7 Å². The van der Waals surface area contributed by atoms with Crippen LogP contribution in [0.25, 0.3) is 5.76 Å². The lowest BCUT2D eigenvalue weighted by atomic mass is 9.94. The van der Waals surface area contributed by atoms with E-state index in [9.17, 15) is 23.5 Å². The van der Waals surface area contributed by atoms with Crippen LogP contribution < -0.4 is 14.5 Å². The van der Waals surface area contributed by atoms with E-state index in [1.54, 1.807) is 30.3 Å². The largest absolute Gasteiger partial charge is 0.507 e. The maximum absolute atomic E-state index is 14.9. The summed E-state index contributed by atoms with van der Waals surface area (Å²) in [4.78, 5) is 29.7. The van der Waals surface area contributed by atoms with Gasteiger partial charge < -0.3 is 14.7 Å². The fourth-order valence-corrected chi connectivity index (χ4v) is 5.25. The summed E-state index contributed by atoms with van der Waals surface area (Å²) in [6, 6.07) is 13.8. The SMILES string of the molecule is CCN(CC)c1ccc(C2/C(=C(/O)c3ccc4c(c3)CC(C)O4)C(=O)C(=O)N2c2cc(F)ccc2F)cc1. The maximum atomic E-state index is 14.9. The smallest absolute Gasteiger partial charge is 0.300 e. The topological polar surface area (TPSA) is 70.1 Å². The van der Waals surface area contributed by atoms with Crippen LogP contribution in [0.4, 0.5) is 20.2 Å². The van der Waals surface area contributed by atoms with E-state index in [4.69, 9.17) is 4.74 Å². The second kappa shape index (κ2) is 9.93. The van der Waals surface area contributed by atoms with E-state index in [-0.39, 0.29) is 23.1 Å². The number of ether oxygens (including phenoxy) is 1. The molecule has 1 fully saturated rings. The van der Waals surface area contributed by atoms with Crippen LogP contribution in [0.15, 0.2) is 66.2 Å². The number of amides is 1. The zero-order valence-electron chi connectivity index (χ0n) is 21.4. The second-order valence-corrected chi connectivity index (χ2v) is 9.48. The first-order chi connectivity index (χ1) is 18.2. The number of carbonyl (C=O) groups excluding carboxylic acids is 2. The molecule has 3 aromatic rings. The van der Waals surface area contributed by atoms with Crippen LogP contribution >= 0.6 is 0 Å². The molecule has 196 valence electrons. The molecular formula is C30H28F2N2O4. The highest BCUT2D eigenvalue weighted by Crippen LogP contribution is 2.44. The van der Waals surface area contributed by atoms with E-state index >= 15 is 0 Å². The fraction of sp³-hybridized carbons (Fsp3) is 0.267. The molecule has 6 nitrogen and oxygen atoms in total. The number of hydrogen-bond acceptors (Lipinski definition) is 5. The minimum atomic E-state index is -1.17. The van der Waals surface area contributed by atoms with Gasteiger partial charge in [-0.1, -0.05) is 12.1 Å². The minimum absolute atomic E-state index is 0.0201. The lowest BCUT2D eigenvalue weighted by molar-refractivity contribution is -0.132. The van der Waals surface area contributed by atoms with E-state index in [1.807, 2.05) is 32.9 Å². The Morgan fingerprint density at radius 1 is 1.03 bits per heavy atom. The van der Waals surface area contributed by atoms with E-state index < -0.39 is 29.4 Å². The van der Waals surface area contributed by atoms with Gasteiger partial charge in [-0.15, -0.1) is 0 Å². The van der Waals surface area contributed by atoms with Gasteiger partial charge in [0.05, 0.1) is 17.3 Å². The van der Waals surface area contributed by atoms with Gasteiger partial charge in [-0.05, 0) is 74.4 Å². The predicted octanol–water partition coefficient (Wildman–Crippen LogP) is 5.76. The number of carbonyl (C=O) groups is 2. The molecule has 2 unspecified atom stereocenters. The Balaban J connectivity index is 1.68. The Morgan fingerprint density at radius 3 is 2.42 bits per heavy atom. The molecule has 2 heterocycles. The number of hydrogen-bond donors (Lipinski definition) is 1. The lowest BCUT2D eigenvalue weighted by Gasteiger charge is -2.27. The first kappa shape index (κ1) is 25.4. The summed E-state index contributed by atoms with van der Waals surface area (Å²) in [5.41, 5.74) is 2.04. The number of Topliss-reactive ketones (excluding diaryl/α,β-unsaturated/α-hetero) is 1. The Bertz CT molecular complexity index is 1450.